The Kier molecular flexibility index (Phi) is 5.20. The summed E-state index contributed by atoms with van der Waals surface area (Å²) in [5.74, 6) is 0.374. The molecule has 1 unspecified atom stereocenters. The Labute approximate surface area is 141 Å². The molecule has 0 saturated carbocycles. The Morgan fingerprint density at radius 3 is 2.30 bits per heavy atom. The lowest BCUT2D eigenvalue weighted by atomic mass is 9.77. The van der Waals surface area contributed by atoms with Crippen molar-refractivity contribution < 1.29 is 0 Å². The Morgan fingerprint density at radius 2 is 1.74 bits per heavy atom. The maximum Gasteiger partial charge on any atom is 0.0682 e. The second-order valence-corrected chi connectivity index (χ2v) is 7.27. The molecule has 2 aliphatic heterocycles. The minimum absolute atomic E-state index is 0.0949. The third-order valence-electron chi connectivity index (χ3n) is 5.59. The van der Waals surface area contributed by atoms with Crippen LogP contribution in [0.1, 0.15) is 45.1 Å². The topological polar surface area (TPSA) is 27.3 Å². The lowest BCUT2D eigenvalue weighted by Gasteiger charge is -2.43. The van der Waals surface area contributed by atoms with Crippen LogP contribution in [0.3, 0.4) is 0 Å². The van der Waals surface area contributed by atoms with Gasteiger partial charge in [0.05, 0.1) is 6.17 Å². The van der Waals surface area contributed by atoms with Crippen molar-refractivity contribution in [2.45, 2.75) is 51.2 Å². The summed E-state index contributed by atoms with van der Waals surface area (Å²) in [6.45, 7) is 11.5. The summed E-state index contributed by atoms with van der Waals surface area (Å²) < 4.78 is 0. The van der Waals surface area contributed by atoms with Crippen LogP contribution in [0.5, 0.6) is 0 Å². The van der Waals surface area contributed by atoms with Gasteiger partial charge in [-0.05, 0) is 57.8 Å². The monoisotopic (exact) mass is 313 g/mol. The first-order valence-corrected chi connectivity index (χ1v) is 9.08. The molecule has 2 N–H and O–H groups in total. The SMILES string of the molecule is C/C=C(/C(c1ccccc1)C1NCCN1)C(C)(C)N1CCCC1. The first-order valence-electron chi connectivity index (χ1n) is 9.08. The van der Waals surface area contributed by atoms with Crippen molar-refractivity contribution >= 4 is 0 Å². The van der Waals surface area contributed by atoms with Gasteiger partial charge < -0.3 is 0 Å². The lowest BCUT2D eigenvalue weighted by molar-refractivity contribution is 0.179. The van der Waals surface area contributed by atoms with Gasteiger partial charge >= 0.3 is 0 Å². The van der Waals surface area contributed by atoms with E-state index < -0.39 is 0 Å². The van der Waals surface area contributed by atoms with E-state index in [0.717, 1.165) is 13.1 Å². The molecule has 3 heteroatoms. The molecule has 0 aliphatic carbocycles. The van der Waals surface area contributed by atoms with Crippen LogP contribution in [0.4, 0.5) is 0 Å². The molecule has 2 fully saturated rings. The van der Waals surface area contributed by atoms with E-state index >= 15 is 0 Å². The van der Waals surface area contributed by atoms with E-state index in [1.54, 1.807) is 0 Å². The Hall–Kier alpha value is -1.16. The summed E-state index contributed by atoms with van der Waals surface area (Å²) in [6.07, 6.45) is 5.34. The maximum absolute atomic E-state index is 3.66. The zero-order chi connectivity index (χ0) is 16.3. The quantitative estimate of drug-likeness (QED) is 0.818. The van der Waals surface area contributed by atoms with E-state index in [4.69, 9.17) is 0 Å². The van der Waals surface area contributed by atoms with Gasteiger partial charge in [0.15, 0.2) is 0 Å². The van der Waals surface area contributed by atoms with Crippen molar-refractivity contribution in [1.82, 2.24) is 15.5 Å². The second kappa shape index (κ2) is 7.16. The van der Waals surface area contributed by atoms with Crippen molar-refractivity contribution in [1.29, 1.82) is 0 Å². The first kappa shape index (κ1) is 16.7. The molecule has 3 nitrogen and oxygen atoms in total. The molecule has 3 rings (SSSR count). The van der Waals surface area contributed by atoms with Gasteiger partial charge in [0, 0.05) is 24.5 Å². The maximum atomic E-state index is 3.66. The second-order valence-electron chi connectivity index (χ2n) is 7.27. The first-order chi connectivity index (χ1) is 11.1. The minimum atomic E-state index is 0.0949. The largest absolute Gasteiger partial charge is 0.300 e. The van der Waals surface area contributed by atoms with Crippen molar-refractivity contribution in [2.75, 3.05) is 26.2 Å². The third kappa shape index (κ3) is 3.37. The molecule has 23 heavy (non-hydrogen) atoms. The summed E-state index contributed by atoms with van der Waals surface area (Å²) in [4.78, 5) is 2.66. The van der Waals surface area contributed by atoms with Crippen LogP contribution in [0.2, 0.25) is 0 Å². The number of nitrogens with zero attached hydrogens (tertiary/aromatic N) is 1. The van der Waals surface area contributed by atoms with Gasteiger partial charge in [-0.1, -0.05) is 36.4 Å². The van der Waals surface area contributed by atoms with E-state index in [0.29, 0.717) is 12.1 Å². The van der Waals surface area contributed by atoms with Crippen LogP contribution in [0.15, 0.2) is 42.0 Å². The third-order valence-corrected chi connectivity index (χ3v) is 5.59. The van der Waals surface area contributed by atoms with Gasteiger partial charge in [0.1, 0.15) is 0 Å². The van der Waals surface area contributed by atoms with Crippen LogP contribution < -0.4 is 10.6 Å². The number of hydrogen-bond donors (Lipinski definition) is 2. The predicted octanol–water partition coefficient (Wildman–Crippen LogP) is 3.11. The smallest absolute Gasteiger partial charge is 0.0682 e. The van der Waals surface area contributed by atoms with Crippen molar-refractivity contribution in [3.8, 4) is 0 Å². The molecule has 0 aromatic heterocycles. The number of benzene rings is 1. The molecular weight excluding hydrogens is 282 g/mol. The van der Waals surface area contributed by atoms with E-state index in [-0.39, 0.29) is 5.54 Å². The number of nitrogens with one attached hydrogen (secondary N) is 2. The number of likely N-dealkylation sites (tertiary alicyclic amines) is 1. The molecule has 0 bridgehead atoms. The molecule has 0 radical (unpaired) electrons. The summed E-state index contributed by atoms with van der Waals surface area (Å²) in [5, 5.41) is 7.32. The van der Waals surface area contributed by atoms with Crippen molar-refractivity contribution in [3.63, 3.8) is 0 Å². The lowest BCUT2D eigenvalue weighted by Crippen LogP contribution is -2.49. The minimum Gasteiger partial charge on any atom is -0.300 e. The van der Waals surface area contributed by atoms with E-state index in [1.807, 2.05) is 0 Å². The molecular formula is C20H31N3. The summed E-state index contributed by atoms with van der Waals surface area (Å²) in [6, 6.07) is 11.0. The number of hydrogen-bond acceptors (Lipinski definition) is 3. The Bertz CT molecular complexity index is 523. The van der Waals surface area contributed by atoms with E-state index in [2.05, 4.69) is 72.7 Å². The van der Waals surface area contributed by atoms with Gasteiger partial charge in [0.2, 0.25) is 0 Å². The van der Waals surface area contributed by atoms with Crippen molar-refractivity contribution in [3.05, 3.63) is 47.5 Å². The highest BCUT2D eigenvalue weighted by Gasteiger charge is 2.39. The standard InChI is InChI=1S/C20H31N3/c1-4-17(20(2,3)23-14-8-9-15-23)18(19-21-12-13-22-19)16-10-6-5-7-11-16/h4-7,10-11,18-19,21-22H,8-9,12-15H2,1-3H3/b17-4-. The summed E-state index contributed by atoms with van der Waals surface area (Å²) >= 11 is 0. The molecule has 2 aliphatic rings. The number of rotatable bonds is 5. The fourth-order valence-corrected chi connectivity index (χ4v) is 4.35. The van der Waals surface area contributed by atoms with Crippen LogP contribution >= 0.6 is 0 Å². The molecule has 2 saturated heterocycles. The van der Waals surface area contributed by atoms with Gasteiger partial charge in [0.25, 0.3) is 0 Å². The van der Waals surface area contributed by atoms with Gasteiger partial charge in [-0.15, -0.1) is 0 Å². The normalized spacial score (nSPS) is 22.7. The van der Waals surface area contributed by atoms with Crippen LogP contribution in [-0.2, 0) is 0 Å². The molecule has 126 valence electrons. The van der Waals surface area contributed by atoms with Gasteiger partial charge in [-0.2, -0.15) is 0 Å². The molecule has 0 amide bonds. The summed E-state index contributed by atoms with van der Waals surface area (Å²) in [5.41, 5.74) is 3.02. The van der Waals surface area contributed by atoms with Crippen LogP contribution in [0, 0.1) is 0 Å². The Morgan fingerprint density at radius 1 is 1.13 bits per heavy atom. The highest BCUT2D eigenvalue weighted by atomic mass is 15.2. The van der Waals surface area contributed by atoms with E-state index in [1.165, 1.54) is 37.1 Å². The zero-order valence-electron chi connectivity index (χ0n) is 14.8. The van der Waals surface area contributed by atoms with Gasteiger partial charge in [-0.3, -0.25) is 15.5 Å². The predicted molar refractivity (Wildman–Crippen MR) is 97.6 cm³/mol. The average Bonchev–Trinajstić information content (AvgIpc) is 3.26. The zero-order valence-corrected chi connectivity index (χ0v) is 14.8. The molecule has 0 spiro atoms. The van der Waals surface area contributed by atoms with Crippen LogP contribution in [-0.4, -0.2) is 42.8 Å². The molecule has 1 aromatic carbocycles. The Balaban J connectivity index is 1.96. The van der Waals surface area contributed by atoms with Crippen LogP contribution in [0.25, 0.3) is 0 Å². The van der Waals surface area contributed by atoms with Crippen molar-refractivity contribution in [2.24, 2.45) is 0 Å². The molecule has 2 heterocycles. The molecule has 1 aromatic rings. The summed E-state index contributed by atoms with van der Waals surface area (Å²) in [7, 11) is 0. The van der Waals surface area contributed by atoms with Gasteiger partial charge in [-0.25, -0.2) is 0 Å². The fourth-order valence-electron chi connectivity index (χ4n) is 4.35. The highest BCUT2D eigenvalue weighted by molar-refractivity contribution is 5.36. The average molecular weight is 313 g/mol. The number of allylic oxidation sites excluding steroid dienone is 1. The highest BCUT2D eigenvalue weighted by Crippen LogP contribution is 2.39. The fraction of sp³-hybridized carbons (Fsp3) is 0.600. The molecule has 1 atom stereocenters. The van der Waals surface area contributed by atoms with E-state index in [9.17, 15) is 0 Å².